The van der Waals surface area contributed by atoms with E-state index in [2.05, 4.69) is 0 Å². The molecule has 0 amide bonds. The van der Waals surface area contributed by atoms with Crippen molar-refractivity contribution in [2.75, 3.05) is 5.75 Å². The van der Waals surface area contributed by atoms with E-state index in [-0.39, 0.29) is 17.2 Å². The Morgan fingerprint density at radius 1 is 1.29 bits per heavy atom. The summed E-state index contributed by atoms with van der Waals surface area (Å²) in [6.07, 6.45) is 2.60. The molecule has 1 aromatic carbocycles. The minimum atomic E-state index is -0.660. The van der Waals surface area contributed by atoms with Crippen LogP contribution in [-0.2, 0) is 6.42 Å². The molecule has 1 aromatic rings. The Balaban J connectivity index is 2.04. The highest BCUT2D eigenvalue weighted by molar-refractivity contribution is 8.00. The van der Waals surface area contributed by atoms with Crippen LogP contribution in [0.5, 0.6) is 0 Å². The van der Waals surface area contributed by atoms with Crippen molar-refractivity contribution in [3.63, 3.8) is 0 Å². The number of hydrogen-bond donors (Lipinski definition) is 1. The summed E-state index contributed by atoms with van der Waals surface area (Å²) in [5, 5.41) is 10.1. The largest absolute Gasteiger partial charge is 0.392 e. The van der Waals surface area contributed by atoms with E-state index in [1.165, 1.54) is 24.6 Å². The number of hydrogen-bond acceptors (Lipinski definition) is 2. The van der Waals surface area contributed by atoms with Crippen LogP contribution in [0, 0.1) is 11.6 Å². The molecule has 2 rings (SSSR count). The van der Waals surface area contributed by atoms with Gasteiger partial charge >= 0.3 is 0 Å². The van der Waals surface area contributed by atoms with Crippen molar-refractivity contribution < 1.29 is 13.9 Å². The van der Waals surface area contributed by atoms with Gasteiger partial charge in [0.2, 0.25) is 0 Å². The first-order valence-electron chi connectivity index (χ1n) is 5.91. The second kappa shape index (κ2) is 5.83. The van der Waals surface area contributed by atoms with Crippen molar-refractivity contribution in [1.29, 1.82) is 0 Å². The number of rotatable bonds is 3. The number of aliphatic hydroxyl groups is 1. The van der Waals surface area contributed by atoms with Gasteiger partial charge in [-0.05, 0) is 30.7 Å². The molecule has 0 aliphatic carbocycles. The second-order valence-electron chi connectivity index (χ2n) is 4.38. The summed E-state index contributed by atoms with van der Waals surface area (Å²) < 4.78 is 26.8. The van der Waals surface area contributed by atoms with Crippen molar-refractivity contribution >= 4 is 11.8 Å². The van der Waals surface area contributed by atoms with E-state index in [1.807, 2.05) is 0 Å². The molecule has 0 spiro atoms. The zero-order valence-electron chi connectivity index (χ0n) is 9.53. The molecule has 1 aliphatic rings. The fourth-order valence-corrected chi connectivity index (χ4v) is 3.46. The van der Waals surface area contributed by atoms with Gasteiger partial charge in [0.05, 0.1) is 6.10 Å². The van der Waals surface area contributed by atoms with Gasteiger partial charge in [-0.15, -0.1) is 0 Å². The molecule has 94 valence electrons. The summed E-state index contributed by atoms with van der Waals surface area (Å²) in [6.45, 7) is 0. The predicted molar refractivity (Wildman–Crippen MR) is 66.2 cm³/mol. The monoisotopic (exact) mass is 258 g/mol. The Kier molecular flexibility index (Phi) is 4.40. The highest BCUT2D eigenvalue weighted by atomic mass is 32.2. The molecule has 0 bridgehead atoms. The van der Waals surface area contributed by atoms with E-state index in [9.17, 15) is 13.9 Å². The maximum atomic E-state index is 13.4. The highest BCUT2D eigenvalue weighted by Gasteiger charge is 2.24. The van der Waals surface area contributed by atoms with E-state index >= 15 is 0 Å². The minimum Gasteiger partial charge on any atom is -0.392 e. The second-order valence-corrected chi connectivity index (χ2v) is 5.72. The molecule has 17 heavy (non-hydrogen) atoms. The van der Waals surface area contributed by atoms with Crippen LogP contribution in [0.2, 0.25) is 0 Å². The Morgan fingerprint density at radius 2 is 2.00 bits per heavy atom. The normalized spacial score (nSPS) is 22.4. The number of benzene rings is 1. The molecule has 0 aromatic heterocycles. The molecule has 1 saturated heterocycles. The fraction of sp³-hybridized carbons (Fsp3) is 0.538. The van der Waals surface area contributed by atoms with Crippen LogP contribution in [-0.4, -0.2) is 22.2 Å². The summed E-state index contributed by atoms with van der Waals surface area (Å²) in [4.78, 5) is 0. The fourth-order valence-electron chi connectivity index (χ4n) is 2.14. The standard InChI is InChI=1S/C13H16F2OS/c14-10-4-3-5-11(15)9(10)8-12(16)13-6-1-2-7-17-13/h3-5,12-13,16H,1-2,6-8H2. The molecule has 1 heterocycles. The van der Waals surface area contributed by atoms with E-state index in [0.717, 1.165) is 18.6 Å². The lowest BCUT2D eigenvalue weighted by Crippen LogP contribution is -2.28. The maximum absolute atomic E-state index is 13.4. The quantitative estimate of drug-likeness (QED) is 0.898. The summed E-state index contributed by atoms with van der Waals surface area (Å²) in [7, 11) is 0. The van der Waals surface area contributed by atoms with Crippen molar-refractivity contribution in [3.8, 4) is 0 Å². The first-order valence-corrected chi connectivity index (χ1v) is 6.96. The van der Waals surface area contributed by atoms with Gasteiger partial charge in [-0.1, -0.05) is 12.5 Å². The molecular weight excluding hydrogens is 242 g/mol. The van der Waals surface area contributed by atoms with Crippen LogP contribution in [0.15, 0.2) is 18.2 Å². The first-order chi connectivity index (χ1) is 8.18. The molecule has 4 heteroatoms. The third kappa shape index (κ3) is 3.19. The molecule has 1 nitrogen and oxygen atoms in total. The van der Waals surface area contributed by atoms with E-state index in [1.54, 1.807) is 11.8 Å². The van der Waals surface area contributed by atoms with Crippen molar-refractivity contribution in [1.82, 2.24) is 0 Å². The average molecular weight is 258 g/mol. The molecule has 0 saturated carbocycles. The lowest BCUT2D eigenvalue weighted by molar-refractivity contribution is 0.163. The van der Waals surface area contributed by atoms with Crippen LogP contribution in [0.3, 0.4) is 0 Å². The summed E-state index contributed by atoms with van der Waals surface area (Å²) in [5.74, 6) is -0.101. The zero-order chi connectivity index (χ0) is 12.3. The van der Waals surface area contributed by atoms with Crippen molar-refractivity contribution in [2.24, 2.45) is 0 Å². The molecule has 2 atom stereocenters. The highest BCUT2D eigenvalue weighted by Crippen LogP contribution is 2.29. The van der Waals surface area contributed by atoms with Crippen LogP contribution >= 0.6 is 11.8 Å². The van der Waals surface area contributed by atoms with Gasteiger partial charge in [-0.2, -0.15) is 11.8 Å². The van der Waals surface area contributed by atoms with E-state index in [0.29, 0.717) is 0 Å². The maximum Gasteiger partial charge on any atom is 0.129 e. The Bertz CT molecular complexity index is 357. The molecule has 1 N–H and O–H groups in total. The molecular formula is C13H16F2OS. The van der Waals surface area contributed by atoms with Crippen LogP contribution in [0.4, 0.5) is 8.78 Å². The van der Waals surface area contributed by atoms with Gasteiger partial charge in [0.15, 0.2) is 0 Å². The first kappa shape index (κ1) is 12.8. The zero-order valence-corrected chi connectivity index (χ0v) is 10.4. The minimum absolute atomic E-state index is 0.00572. The van der Waals surface area contributed by atoms with Gasteiger partial charge in [0, 0.05) is 17.2 Å². The van der Waals surface area contributed by atoms with Gasteiger partial charge in [-0.25, -0.2) is 8.78 Å². The third-order valence-electron chi connectivity index (χ3n) is 3.12. The molecule has 0 radical (unpaired) electrons. The van der Waals surface area contributed by atoms with Crippen molar-refractivity contribution in [2.45, 2.75) is 37.0 Å². The number of halogens is 2. The van der Waals surface area contributed by atoms with Gasteiger partial charge in [-0.3, -0.25) is 0 Å². The van der Waals surface area contributed by atoms with Crippen molar-refractivity contribution in [3.05, 3.63) is 35.4 Å². The Hall–Kier alpha value is -0.610. The van der Waals surface area contributed by atoms with Crippen LogP contribution in [0.1, 0.15) is 24.8 Å². The summed E-state index contributed by atoms with van der Waals surface area (Å²) in [5.41, 5.74) is 0.00572. The average Bonchev–Trinajstić information content (AvgIpc) is 2.35. The SMILES string of the molecule is OC(Cc1c(F)cccc1F)C1CCCCS1. The molecule has 2 unspecified atom stereocenters. The Morgan fingerprint density at radius 3 is 2.59 bits per heavy atom. The Labute approximate surface area is 104 Å². The summed E-state index contributed by atoms with van der Waals surface area (Å²) in [6, 6.07) is 3.81. The van der Waals surface area contributed by atoms with Gasteiger partial charge < -0.3 is 5.11 Å². The smallest absolute Gasteiger partial charge is 0.129 e. The summed E-state index contributed by atoms with van der Waals surface area (Å²) >= 11 is 1.71. The molecule has 1 fully saturated rings. The van der Waals surface area contributed by atoms with Crippen LogP contribution < -0.4 is 0 Å². The predicted octanol–water partition coefficient (Wildman–Crippen LogP) is 3.15. The van der Waals surface area contributed by atoms with Gasteiger partial charge in [0.25, 0.3) is 0 Å². The number of thioether (sulfide) groups is 1. The third-order valence-corrected chi connectivity index (χ3v) is 4.62. The van der Waals surface area contributed by atoms with E-state index < -0.39 is 17.7 Å². The lowest BCUT2D eigenvalue weighted by atomic mass is 10.0. The lowest BCUT2D eigenvalue weighted by Gasteiger charge is -2.26. The van der Waals surface area contributed by atoms with Gasteiger partial charge in [0.1, 0.15) is 11.6 Å². The van der Waals surface area contributed by atoms with Crippen LogP contribution in [0.25, 0.3) is 0 Å². The molecule has 1 aliphatic heterocycles. The topological polar surface area (TPSA) is 20.2 Å². The number of aliphatic hydroxyl groups excluding tert-OH is 1. The van der Waals surface area contributed by atoms with E-state index in [4.69, 9.17) is 0 Å².